The Morgan fingerprint density at radius 3 is 3.13 bits per heavy atom. The summed E-state index contributed by atoms with van der Waals surface area (Å²) in [5.74, 6) is 0. The lowest BCUT2D eigenvalue weighted by molar-refractivity contribution is -0.0353. The van der Waals surface area contributed by atoms with Crippen molar-refractivity contribution < 1.29 is 5.11 Å². The highest BCUT2D eigenvalue weighted by molar-refractivity contribution is 7.09. The molecule has 0 bridgehead atoms. The lowest BCUT2D eigenvalue weighted by Gasteiger charge is -2.40. The first-order valence-corrected chi connectivity index (χ1v) is 6.28. The number of thiazole rings is 1. The van der Waals surface area contributed by atoms with E-state index in [0.29, 0.717) is 12.5 Å². The van der Waals surface area contributed by atoms with Gasteiger partial charge in [0.15, 0.2) is 0 Å². The largest absolute Gasteiger partial charge is 0.389 e. The van der Waals surface area contributed by atoms with Crippen LogP contribution in [0.15, 0.2) is 11.6 Å². The van der Waals surface area contributed by atoms with E-state index in [0.717, 1.165) is 24.4 Å². The van der Waals surface area contributed by atoms with Crippen molar-refractivity contribution in [3.8, 4) is 0 Å². The smallest absolute Gasteiger partial charge is 0.0953 e. The maximum Gasteiger partial charge on any atom is 0.0953 e. The normalized spacial score (nSPS) is 33.1. The minimum absolute atomic E-state index is 0.462. The van der Waals surface area contributed by atoms with Gasteiger partial charge in [0.1, 0.15) is 0 Å². The zero-order valence-electron chi connectivity index (χ0n) is 9.31. The molecule has 0 amide bonds. The predicted molar refractivity (Wildman–Crippen MR) is 62.1 cm³/mol. The Morgan fingerprint density at radius 2 is 2.53 bits per heavy atom. The zero-order chi connectivity index (χ0) is 10.9. The highest BCUT2D eigenvalue weighted by Gasteiger charge is 2.35. The lowest BCUT2D eigenvalue weighted by Crippen LogP contribution is -2.48. The molecule has 1 fully saturated rings. The molecule has 1 saturated heterocycles. The van der Waals surface area contributed by atoms with Crippen molar-refractivity contribution in [3.63, 3.8) is 0 Å². The van der Waals surface area contributed by atoms with Crippen LogP contribution in [0.1, 0.15) is 24.8 Å². The fourth-order valence-corrected chi connectivity index (χ4v) is 2.95. The summed E-state index contributed by atoms with van der Waals surface area (Å²) in [6.07, 6.45) is 4.22. The van der Waals surface area contributed by atoms with E-state index in [2.05, 4.69) is 23.9 Å². The Morgan fingerprint density at radius 1 is 1.73 bits per heavy atom. The van der Waals surface area contributed by atoms with Crippen LogP contribution < -0.4 is 0 Å². The van der Waals surface area contributed by atoms with Gasteiger partial charge >= 0.3 is 0 Å². The quantitative estimate of drug-likeness (QED) is 0.831. The molecule has 0 saturated carbocycles. The Bertz CT molecular complexity index is 314. The molecular formula is C11H18N2OS. The topological polar surface area (TPSA) is 36.4 Å². The Kier molecular flexibility index (Phi) is 3.09. The van der Waals surface area contributed by atoms with E-state index in [-0.39, 0.29) is 0 Å². The van der Waals surface area contributed by atoms with Crippen LogP contribution in [-0.2, 0) is 6.42 Å². The molecule has 0 radical (unpaired) electrons. The van der Waals surface area contributed by atoms with Crippen molar-refractivity contribution in [3.05, 3.63) is 16.6 Å². The second-order valence-electron chi connectivity index (χ2n) is 4.61. The molecule has 1 aromatic heterocycles. The van der Waals surface area contributed by atoms with Gasteiger partial charge in [-0.25, -0.2) is 4.98 Å². The van der Waals surface area contributed by atoms with E-state index in [1.165, 1.54) is 0 Å². The molecule has 15 heavy (non-hydrogen) atoms. The average Bonchev–Trinajstić information content (AvgIpc) is 2.64. The summed E-state index contributed by atoms with van der Waals surface area (Å²) in [4.78, 5) is 6.55. The Balaban J connectivity index is 2.01. The maximum atomic E-state index is 10.5. The molecule has 1 aliphatic heterocycles. The van der Waals surface area contributed by atoms with E-state index < -0.39 is 5.60 Å². The van der Waals surface area contributed by atoms with Gasteiger partial charge in [0.05, 0.1) is 10.6 Å². The lowest BCUT2D eigenvalue weighted by atomic mass is 9.85. The van der Waals surface area contributed by atoms with Crippen LogP contribution in [-0.4, -0.2) is 40.2 Å². The van der Waals surface area contributed by atoms with Gasteiger partial charge in [-0.3, -0.25) is 0 Å². The van der Waals surface area contributed by atoms with E-state index >= 15 is 0 Å². The van der Waals surface area contributed by atoms with Crippen LogP contribution in [0.2, 0.25) is 0 Å². The third-order valence-electron chi connectivity index (χ3n) is 3.32. The van der Waals surface area contributed by atoms with E-state index in [1.54, 1.807) is 11.3 Å². The molecule has 1 aromatic rings. The van der Waals surface area contributed by atoms with Crippen LogP contribution in [0.25, 0.3) is 0 Å². The second kappa shape index (κ2) is 4.20. The van der Waals surface area contributed by atoms with Crippen LogP contribution in [0.5, 0.6) is 0 Å². The molecule has 3 nitrogen and oxygen atoms in total. The molecule has 2 atom stereocenters. The number of aliphatic hydroxyl groups is 1. The van der Waals surface area contributed by atoms with Crippen molar-refractivity contribution in [2.75, 3.05) is 13.6 Å². The standard InChI is InChI=1S/C11H18N2OS/c1-9-7-11(14,3-5-13(9)2)8-10-12-4-6-15-10/h4,6,9,14H,3,5,7-8H2,1-2H3. The molecule has 0 aliphatic carbocycles. The van der Waals surface area contributed by atoms with Crippen molar-refractivity contribution in [2.45, 2.75) is 37.8 Å². The molecule has 0 spiro atoms. The summed E-state index contributed by atoms with van der Waals surface area (Å²) >= 11 is 1.63. The van der Waals surface area contributed by atoms with Gasteiger partial charge in [0.25, 0.3) is 0 Å². The van der Waals surface area contributed by atoms with E-state index in [1.807, 2.05) is 11.6 Å². The minimum atomic E-state index is -0.538. The molecule has 2 unspecified atom stereocenters. The number of piperidine rings is 1. The predicted octanol–water partition coefficient (Wildman–Crippen LogP) is 1.53. The minimum Gasteiger partial charge on any atom is -0.389 e. The van der Waals surface area contributed by atoms with Crippen LogP contribution in [0, 0.1) is 0 Å². The van der Waals surface area contributed by atoms with Gasteiger partial charge in [-0.2, -0.15) is 0 Å². The second-order valence-corrected chi connectivity index (χ2v) is 5.59. The number of hydrogen-bond acceptors (Lipinski definition) is 4. The van der Waals surface area contributed by atoms with E-state index in [4.69, 9.17) is 0 Å². The first-order chi connectivity index (χ1) is 7.09. The first-order valence-electron chi connectivity index (χ1n) is 5.40. The molecule has 0 aromatic carbocycles. The van der Waals surface area contributed by atoms with Gasteiger partial charge in [-0.15, -0.1) is 11.3 Å². The van der Waals surface area contributed by atoms with Crippen molar-refractivity contribution in [1.82, 2.24) is 9.88 Å². The molecular weight excluding hydrogens is 208 g/mol. The van der Waals surface area contributed by atoms with Gasteiger partial charge in [-0.05, 0) is 26.8 Å². The highest BCUT2D eigenvalue weighted by atomic mass is 32.1. The maximum absolute atomic E-state index is 10.5. The SMILES string of the molecule is CC1CC(O)(Cc2nccs2)CCN1C. The van der Waals surface area contributed by atoms with Gasteiger partial charge in [0, 0.05) is 30.6 Å². The molecule has 4 heteroatoms. The van der Waals surface area contributed by atoms with Crippen LogP contribution in [0.3, 0.4) is 0 Å². The third-order valence-corrected chi connectivity index (χ3v) is 4.10. The number of aromatic nitrogens is 1. The summed E-state index contributed by atoms with van der Waals surface area (Å²) in [5, 5.41) is 13.5. The Labute approximate surface area is 94.8 Å². The fraction of sp³-hybridized carbons (Fsp3) is 0.727. The number of likely N-dealkylation sites (tertiary alicyclic amines) is 1. The Hall–Kier alpha value is -0.450. The average molecular weight is 226 g/mol. The zero-order valence-corrected chi connectivity index (χ0v) is 10.1. The van der Waals surface area contributed by atoms with Gasteiger partial charge in [-0.1, -0.05) is 0 Å². The van der Waals surface area contributed by atoms with E-state index in [9.17, 15) is 5.11 Å². The fourth-order valence-electron chi connectivity index (χ4n) is 2.19. The third kappa shape index (κ3) is 2.56. The molecule has 2 heterocycles. The molecule has 1 N–H and O–H groups in total. The summed E-state index contributed by atoms with van der Waals surface area (Å²) in [5.41, 5.74) is -0.538. The van der Waals surface area contributed by atoms with Crippen molar-refractivity contribution >= 4 is 11.3 Å². The van der Waals surface area contributed by atoms with Crippen molar-refractivity contribution in [1.29, 1.82) is 0 Å². The molecule has 84 valence electrons. The number of hydrogen-bond donors (Lipinski definition) is 1. The summed E-state index contributed by atoms with van der Waals surface area (Å²) in [6.45, 7) is 3.15. The van der Waals surface area contributed by atoms with Crippen LogP contribution >= 0.6 is 11.3 Å². The number of rotatable bonds is 2. The summed E-state index contributed by atoms with van der Waals surface area (Å²) in [6, 6.07) is 0.462. The first kappa shape index (κ1) is 11.0. The van der Waals surface area contributed by atoms with Crippen molar-refractivity contribution in [2.24, 2.45) is 0 Å². The monoisotopic (exact) mass is 226 g/mol. The highest BCUT2D eigenvalue weighted by Crippen LogP contribution is 2.29. The summed E-state index contributed by atoms with van der Waals surface area (Å²) < 4.78 is 0. The molecule has 2 rings (SSSR count). The number of nitrogens with zero attached hydrogens (tertiary/aromatic N) is 2. The van der Waals surface area contributed by atoms with Gasteiger partial charge < -0.3 is 10.0 Å². The summed E-state index contributed by atoms with van der Waals surface area (Å²) in [7, 11) is 2.12. The molecule has 1 aliphatic rings. The van der Waals surface area contributed by atoms with Gasteiger partial charge in [0.2, 0.25) is 0 Å². The van der Waals surface area contributed by atoms with Crippen LogP contribution in [0.4, 0.5) is 0 Å².